The summed E-state index contributed by atoms with van der Waals surface area (Å²) in [4.78, 5) is 14.4. The van der Waals surface area contributed by atoms with Crippen LogP contribution >= 0.6 is 0 Å². The van der Waals surface area contributed by atoms with Crippen LogP contribution in [0.2, 0.25) is 0 Å². The van der Waals surface area contributed by atoms with Gasteiger partial charge in [0.2, 0.25) is 5.91 Å². The minimum absolute atomic E-state index is 0.0922. The number of amides is 1. The van der Waals surface area contributed by atoms with E-state index in [4.69, 9.17) is 9.47 Å². The van der Waals surface area contributed by atoms with Gasteiger partial charge in [-0.25, -0.2) is 0 Å². The zero-order valence-electron chi connectivity index (χ0n) is 16.7. The summed E-state index contributed by atoms with van der Waals surface area (Å²) in [7, 11) is 1.56. The van der Waals surface area contributed by atoms with Gasteiger partial charge in [0.15, 0.2) is 5.54 Å². The lowest BCUT2D eigenvalue weighted by molar-refractivity contribution is -0.117. The standard InChI is InChI=1S/C25H22N2O3/c1-29-23-10-6-5-9-22(23)27-24(28)15-16-25(27,18-26)20-11-13-21(14-12-20)30-17-19-7-3-2-4-8-19/h2-14H,15-17H2,1H3/t25-/m1/s1. The number of nitrogens with zero attached hydrogens (tertiary/aromatic N) is 2. The number of hydrogen-bond donors (Lipinski definition) is 0. The molecule has 0 spiro atoms. The molecule has 4 rings (SSSR count). The van der Waals surface area contributed by atoms with Gasteiger partial charge >= 0.3 is 0 Å². The van der Waals surface area contributed by atoms with E-state index in [-0.39, 0.29) is 5.91 Å². The minimum atomic E-state index is -1.08. The number of para-hydroxylation sites is 2. The Morgan fingerprint density at radius 2 is 1.70 bits per heavy atom. The number of hydrogen-bond acceptors (Lipinski definition) is 4. The first kappa shape index (κ1) is 19.5. The fourth-order valence-corrected chi connectivity index (χ4v) is 3.89. The van der Waals surface area contributed by atoms with Crippen LogP contribution in [-0.2, 0) is 16.9 Å². The maximum Gasteiger partial charge on any atom is 0.228 e. The zero-order chi connectivity index (χ0) is 21.0. The third-order valence-corrected chi connectivity index (χ3v) is 5.42. The summed E-state index contributed by atoms with van der Waals surface area (Å²) in [6.07, 6.45) is 0.725. The van der Waals surface area contributed by atoms with Gasteiger partial charge in [-0.15, -0.1) is 0 Å². The largest absolute Gasteiger partial charge is 0.495 e. The minimum Gasteiger partial charge on any atom is -0.495 e. The van der Waals surface area contributed by atoms with Gasteiger partial charge in [0.05, 0.1) is 18.9 Å². The van der Waals surface area contributed by atoms with Crippen molar-refractivity contribution in [1.29, 1.82) is 5.26 Å². The highest BCUT2D eigenvalue weighted by Crippen LogP contribution is 2.45. The Morgan fingerprint density at radius 1 is 1.00 bits per heavy atom. The molecule has 5 heteroatoms. The maximum atomic E-state index is 12.8. The molecule has 1 aliphatic rings. The fraction of sp³-hybridized carbons (Fsp3) is 0.200. The van der Waals surface area contributed by atoms with Crippen LogP contribution in [0.5, 0.6) is 11.5 Å². The Morgan fingerprint density at radius 3 is 2.40 bits per heavy atom. The van der Waals surface area contributed by atoms with Crippen molar-refractivity contribution >= 4 is 11.6 Å². The molecule has 0 aromatic heterocycles. The van der Waals surface area contributed by atoms with Crippen LogP contribution in [-0.4, -0.2) is 13.0 Å². The van der Waals surface area contributed by atoms with E-state index in [1.54, 1.807) is 18.1 Å². The number of carbonyl (C=O) groups is 1. The second kappa shape index (κ2) is 8.30. The Labute approximate surface area is 176 Å². The Hall–Kier alpha value is -3.78. The highest BCUT2D eigenvalue weighted by Gasteiger charge is 2.49. The Balaban J connectivity index is 1.63. The molecular formula is C25H22N2O3. The molecule has 0 saturated carbocycles. The predicted octanol–water partition coefficient (Wildman–Crippen LogP) is 4.82. The summed E-state index contributed by atoms with van der Waals surface area (Å²) in [5.74, 6) is 1.18. The zero-order valence-corrected chi connectivity index (χ0v) is 16.7. The lowest BCUT2D eigenvalue weighted by Crippen LogP contribution is -2.42. The highest BCUT2D eigenvalue weighted by atomic mass is 16.5. The molecule has 0 unspecified atom stereocenters. The van der Waals surface area contributed by atoms with Gasteiger partial charge in [-0.2, -0.15) is 5.26 Å². The predicted molar refractivity (Wildman–Crippen MR) is 114 cm³/mol. The number of ether oxygens (including phenoxy) is 2. The van der Waals surface area contributed by atoms with Crippen molar-refractivity contribution in [1.82, 2.24) is 0 Å². The van der Waals surface area contributed by atoms with Crippen LogP contribution in [0.25, 0.3) is 0 Å². The van der Waals surface area contributed by atoms with Crippen molar-refractivity contribution in [3.05, 3.63) is 90.0 Å². The lowest BCUT2D eigenvalue weighted by Gasteiger charge is -2.33. The van der Waals surface area contributed by atoms with Gasteiger partial charge in [-0.05, 0) is 41.8 Å². The SMILES string of the molecule is COc1ccccc1N1C(=O)CC[C@@]1(C#N)c1ccc(OCc2ccccc2)cc1. The van der Waals surface area contributed by atoms with Crippen LogP contribution in [0, 0.1) is 11.3 Å². The van der Waals surface area contributed by atoms with Gasteiger partial charge in [0.25, 0.3) is 0 Å². The van der Waals surface area contributed by atoms with E-state index in [9.17, 15) is 10.1 Å². The molecule has 1 heterocycles. The van der Waals surface area contributed by atoms with Gasteiger partial charge < -0.3 is 9.47 Å². The van der Waals surface area contributed by atoms with Gasteiger partial charge in [-0.3, -0.25) is 9.69 Å². The number of nitriles is 1. The smallest absolute Gasteiger partial charge is 0.228 e. The van der Waals surface area contributed by atoms with Crippen molar-refractivity contribution in [2.45, 2.75) is 25.0 Å². The number of methoxy groups -OCH3 is 1. The summed E-state index contributed by atoms with van der Waals surface area (Å²) in [5, 5.41) is 10.2. The molecule has 5 nitrogen and oxygen atoms in total. The van der Waals surface area contributed by atoms with E-state index in [0.29, 0.717) is 36.6 Å². The molecule has 1 aliphatic heterocycles. The molecule has 0 aliphatic carbocycles. The lowest BCUT2D eigenvalue weighted by atomic mass is 9.88. The number of carbonyl (C=O) groups excluding carboxylic acids is 1. The first-order valence-corrected chi connectivity index (χ1v) is 9.82. The van der Waals surface area contributed by atoms with E-state index in [2.05, 4.69) is 6.07 Å². The summed E-state index contributed by atoms with van der Waals surface area (Å²) in [6.45, 7) is 0.468. The third-order valence-electron chi connectivity index (χ3n) is 5.42. The van der Waals surface area contributed by atoms with E-state index >= 15 is 0 Å². The number of rotatable bonds is 6. The summed E-state index contributed by atoms with van der Waals surface area (Å²) in [5.41, 5.74) is 1.37. The summed E-state index contributed by atoms with van der Waals surface area (Å²) in [6, 6.07) is 27.1. The molecule has 0 N–H and O–H groups in total. The van der Waals surface area contributed by atoms with Gasteiger partial charge in [0, 0.05) is 6.42 Å². The van der Waals surface area contributed by atoms with E-state index in [1.165, 1.54) is 0 Å². The van der Waals surface area contributed by atoms with Crippen LogP contribution < -0.4 is 14.4 Å². The quantitative estimate of drug-likeness (QED) is 0.597. The Bertz CT molecular complexity index is 1070. The van der Waals surface area contributed by atoms with Crippen molar-refractivity contribution in [2.75, 3.05) is 12.0 Å². The molecule has 3 aromatic rings. The summed E-state index contributed by atoms with van der Waals surface area (Å²) < 4.78 is 11.3. The van der Waals surface area contributed by atoms with Crippen molar-refractivity contribution in [2.24, 2.45) is 0 Å². The first-order chi connectivity index (χ1) is 14.7. The van der Waals surface area contributed by atoms with E-state index < -0.39 is 5.54 Å². The molecule has 0 bridgehead atoms. The first-order valence-electron chi connectivity index (χ1n) is 9.82. The second-order valence-corrected chi connectivity index (χ2v) is 7.17. The average molecular weight is 398 g/mol. The van der Waals surface area contributed by atoms with E-state index in [1.807, 2.05) is 72.8 Å². The van der Waals surface area contributed by atoms with Crippen LogP contribution in [0.4, 0.5) is 5.69 Å². The van der Waals surface area contributed by atoms with E-state index in [0.717, 1.165) is 11.1 Å². The molecule has 1 fully saturated rings. The summed E-state index contributed by atoms with van der Waals surface area (Å²) >= 11 is 0. The number of anilines is 1. The second-order valence-electron chi connectivity index (χ2n) is 7.17. The van der Waals surface area contributed by atoms with Crippen LogP contribution in [0.1, 0.15) is 24.0 Å². The number of benzene rings is 3. The Kier molecular flexibility index (Phi) is 5.40. The molecular weight excluding hydrogens is 376 g/mol. The molecule has 30 heavy (non-hydrogen) atoms. The molecule has 3 aromatic carbocycles. The molecule has 1 atom stereocenters. The topological polar surface area (TPSA) is 62.6 Å². The van der Waals surface area contributed by atoms with Gasteiger partial charge in [0.1, 0.15) is 18.1 Å². The fourth-order valence-electron chi connectivity index (χ4n) is 3.89. The van der Waals surface area contributed by atoms with Crippen molar-refractivity contribution < 1.29 is 14.3 Å². The molecule has 1 amide bonds. The monoisotopic (exact) mass is 398 g/mol. The van der Waals surface area contributed by atoms with Crippen molar-refractivity contribution in [3.8, 4) is 17.6 Å². The molecule has 150 valence electrons. The normalized spacial score (nSPS) is 18.1. The van der Waals surface area contributed by atoms with Gasteiger partial charge in [-0.1, -0.05) is 54.6 Å². The molecule has 1 saturated heterocycles. The highest BCUT2D eigenvalue weighted by molar-refractivity contribution is 6.00. The average Bonchev–Trinajstić information content (AvgIpc) is 3.15. The third kappa shape index (κ3) is 3.48. The molecule has 0 radical (unpaired) electrons. The van der Waals surface area contributed by atoms with Crippen LogP contribution in [0.15, 0.2) is 78.9 Å². The maximum absolute atomic E-state index is 12.8. The van der Waals surface area contributed by atoms with Crippen molar-refractivity contribution in [3.63, 3.8) is 0 Å². The van der Waals surface area contributed by atoms with Crippen LogP contribution in [0.3, 0.4) is 0 Å².